The summed E-state index contributed by atoms with van der Waals surface area (Å²) in [7, 11) is 0. The Hall–Kier alpha value is -0.570. The molecule has 80 valence electrons. The van der Waals surface area contributed by atoms with Crippen molar-refractivity contribution in [2.75, 3.05) is 6.61 Å². The van der Waals surface area contributed by atoms with Crippen molar-refractivity contribution in [3.05, 3.63) is 34.9 Å². The molecule has 1 rings (SSSR count). The first kappa shape index (κ1) is 13.4. The van der Waals surface area contributed by atoms with E-state index in [-0.39, 0.29) is 25.1 Å². The van der Waals surface area contributed by atoms with Gasteiger partial charge in [-0.2, -0.15) is 0 Å². The van der Waals surface area contributed by atoms with Gasteiger partial charge < -0.3 is 10.8 Å². The maximum absolute atomic E-state index is 8.81. The van der Waals surface area contributed by atoms with Crippen LogP contribution < -0.4 is 5.73 Å². The normalized spacial score (nSPS) is 12.0. The van der Waals surface area contributed by atoms with Gasteiger partial charge in [-0.3, -0.25) is 0 Å². The van der Waals surface area contributed by atoms with Gasteiger partial charge in [0.2, 0.25) is 0 Å². The highest BCUT2D eigenvalue weighted by molar-refractivity contribution is 5.85. The van der Waals surface area contributed by atoms with Crippen LogP contribution in [0.3, 0.4) is 0 Å². The van der Waals surface area contributed by atoms with Crippen LogP contribution in [0.4, 0.5) is 0 Å². The summed E-state index contributed by atoms with van der Waals surface area (Å²) in [6.45, 7) is 4.19. The Morgan fingerprint density at radius 3 is 2.14 bits per heavy atom. The van der Waals surface area contributed by atoms with E-state index in [2.05, 4.69) is 32.0 Å². The maximum atomic E-state index is 8.81. The highest BCUT2D eigenvalue weighted by atomic mass is 35.5. The summed E-state index contributed by atoms with van der Waals surface area (Å²) >= 11 is 0. The van der Waals surface area contributed by atoms with E-state index in [0.717, 1.165) is 6.42 Å². The Morgan fingerprint density at radius 2 is 1.71 bits per heavy atom. The molecule has 3 heteroatoms. The van der Waals surface area contributed by atoms with E-state index in [1.807, 2.05) is 0 Å². The van der Waals surface area contributed by atoms with Gasteiger partial charge in [-0.25, -0.2) is 0 Å². The van der Waals surface area contributed by atoms with Crippen LogP contribution in [0.2, 0.25) is 0 Å². The van der Waals surface area contributed by atoms with Gasteiger partial charge in [0, 0.05) is 6.04 Å². The fourth-order valence-corrected chi connectivity index (χ4v) is 1.55. The molecule has 1 unspecified atom stereocenters. The number of aliphatic hydroxyl groups excluding tert-OH is 1. The number of hydrogen-bond donors (Lipinski definition) is 2. The van der Waals surface area contributed by atoms with Crippen LogP contribution in [-0.2, 0) is 6.42 Å². The topological polar surface area (TPSA) is 46.2 Å². The molecule has 0 saturated carbocycles. The second-order valence-corrected chi connectivity index (χ2v) is 3.64. The van der Waals surface area contributed by atoms with Crippen molar-refractivity contribution in [3.63, 3.8) is 0 Å². The molecule has 0 bridgehead atoms. The summed E-state index contributed by atoms with van der Waals surface area (Å²) in [6.07, 6.45) is 0.749. The first-order valence-electron chi connectivity index (χ1n) is 4.55. The van der Waals surface area contributed by atoms with Gasteiger partial charge in [0.05, 0.1) is 6.61 Å². The van der Waals surface area contributed by atoms with E-state index in [1.54, 1.807) is 0 Å². The van der Waals surface area contributed by atoms with Gasteiger partial charge in [-0.15, -0.1) is 12.4 Å². The van der Waals surface area contributed by atoms with E-state index in [4.69, 9.17) is 10.8 Å². The zero-order valence-electron chi connectivity index (χ0n) is 8.66. The second-order valence-electron chi connectivity index (χ2n) is 3.64. The quantitative estimate of drug-likeness (QED) is 0.805. The Kier molecular flexibility index (Phi) is 5.77. The minimum Gasteiger partial charge on any atom is -0.395 e. The standard InChI is InChI=1S/C11H17NO.ClH/c1-8-3-9(2)5-10(4-8)6-11(12)7-13;/h3-5,11,13H,6-7,12H2,1-2H3;1H. The Bertz CT molecular complexity index is 268. The van der Waals surface area contributed by atoms with Crippen molar-refractivity contribution in [2.45, 2.75) is 26.3 Å². The summed E-state index contributed by atoms with van der Waals surface area (Å²) in [5.74, 6) is 0. The van der Waals surface area contributed by atoms with Gasteiger partial charge in [0.25, 0.3) is 0 Å². The molecule has 0 amide bonds. The lowest BCUT2D eigenvalue weighted by atomic mass is 10.0. The van der Waals surface area contributed by atoms with Crippen LogP contribution in [-0.4, -0.2) is 17.8 Å². The lowest BCUT2D eigenvalue weighted by Gasteiger charge is -2.09. The largest absolute Gasteiger partial charge is 0.395 e. The average Bonchev–Trinajstić information content (AvgIpc) is 2.02. The summed E-state index contributed by atoms with van der Waals surface area (Å²) in [5.41, 5.74) is 9.36. The molecule has 0 saturated heterocycles. The van der Waals surface area contributed by atoms with Gasteiger partial charge in [0.15, 0.2) is 0 Å². The molecule has 1 aromatic carbocycles. The molecule has 2 nitrogen and oxygen atoms in total. The van der Waals surface area contributed by atoms with Gasteiger partial charge in [-0.1, -0.05) is 29.3 Å². The molecule has 14 heavy (non-hydrogen) atoms. The number of aliphatic hydroxyl groups is 1. The first-order chi connectivity index (χ1) is 6.11. The molecule has 0 aromatic heterocycles. The van der Waals surface area contributed by atoms with Crippen LogP contribution >= 0.6 is 12.4 Å². The summed E-state index contributed by atoms with van der Waals surface area (Å²) in [4.78, 5) is 0. The number of hydrogen-bond acceptors (Lipinski definition) is 2. The third-order valence-electron chi connectivity index (χ3n) is 2.01. The third-order valence-corrected chi connectivity index (χ3v) is 2.01. The Labute approximate surface area is 91.5 Å². The van der Waals surface area contributed by atoms with E-state index in [1.165, 1.54) is 16.7 Å². The zero-order chi connectivity index (χ0) is 9.84. The van der Waals surface area contributed by atoms with Crippen molar-refractivity contribution >= 4 is 12.4 Å². The van der Waals surface area contributed by atoms with Crippen LogP contribution in [0.25, 0.3) is 0 Å². The number of benzene rings is 1. The molecule has 0 aliphatic rings. The number of halogens is 1. The monoisotopic (exact) mass is 215 g/mol. The van der Waals surface area contributed by atoms with Gasteiger partial charge >= 0.3 is 0 Å². The van der Waals surface area contributed by atoms with Crippen molar-refractivity contribution in [2.24, 2.45) is 5.73 Å². The molecule has 0 heterocycles. The number of rotatable bonds is 3. The Morgan fingerprint density at radius 1 is 1.21 bits per heavy atom. The van der Waals surface area contributed by atoms with Crippen molar-refractivity contribution in [3.8, 4) is 0 Å². The highest BCUT2D eigenvalue weighted by Crippen LogP contribution is 2.10. The molecule has 0 fully saturated rings. The molecule has 3 N–H and O–H groups in total. The third kappa shape index (κ3) is 4.09. The molecular formula is C11H18ClNO. The Balaban J connectivity index is 0.00000169. The molecular weight excluding hydrogens is 198 g/mol. The smallest absolute Gasteiger partial charge is 0.0585 e. The van der Waals surface area contributed by atoms with Gasteiger partial charge in [-0.05, 0) is 25.8 Å². The fourth-order valence-electron chi connectivity index (χ4n) is 1.55. The van der Waals surface area contributed by atoms with E-state index < -0.39 is 0 Å². The average molecular weight is 216 g/mol. The number of nitrogens with two attached hydrogens (primary N) is 1. The minimum absolute atomic E-state index is 0. The molecule has 0 spiro atoms. The molecule has 0 aliphatic carbocycles. The van der Waals surface area contributed by atoms with Crippen LogP contribution in [0, 0.1) is 13.8 Å². The fraction of sp³-hybridized carbons (Fsp3) is 0.455. The van der Waals surface area contributed by atoms with Crippen LogP contribution in [0.15, 0.2) is 18.2 Å². The molecule has 0 radical (unpaired) electrons. The minimum atomic E-state index is -0.138. The van der Waals surface area contributed by atoms with E-state index in [0.29, 0.717) is 0 Å². The van der Waals surface area contributed by atoms with E-state index in [9.17, 15) is 0 Å². The second kappa shape index (κ2) is 6.02. The summed E-state index contributed by atoms with van der Waals surface area (Å²) < 4.78 is 0. The first-order valence-corrected chi connectivity index (χ1v) is 4.55. The summed E-state index contributed by atoms with van der Waals surface area (Å²) in [6, 6.07) is 6.22. The van der Waals surface area contributed by atoms with Crippen molar-refractivity contribution in [1.82, 2.24) is 0 Å². The SMILES string of the molecule is Cc1cc(C)cc(CC(N)CO)c1.Cl. The van der Waals surface area contributed by atoms with E-state index >= 15 is 0 Å². The number of aryl methyl sites for hydroxylation is 2. The molecule has 0 aliphatic heterocycles. The van der Waals surface area contributed by atoms with Crippen LogP contribution in [0.1, 0.15) is 16.7 Å². The van der Waals surface area contributed by atoms with Crippen molar-refractivity contribution < 1.29 is 5.11 Å². The summed E-state index contributed by atoms with van der Waals surface area (Å²) in [5, 5.41) is 8.81. The van der Waals surface area contributed by atoms with Crippen molar-refractivity contribution in [1.29, 1.82) is 0 Å². The lowest BCUT2D eigenvalue weighted by Crippen LogP contribution is -2.26. The predicted molar refractivity (Wildman–Crippen MR) is 61.9 cm³/mol. The maximum Gasteiger partial charge on any atom is 0.0585 e. The highest BCUT2D eigenvalue weighted by Gasteiger charge is 2.02. The lowest BCUT2D eigenvalue weighted by molar-refractivity contribution is 0.265. The zero-order valence-corrected chi connectivity index (χ0v) is 9.47. The predicted octanol–water partition coefficient (Wildman–Crippen LogP) is 1.59. The van der Waals surface area contributed by atoms with Crippen LogP contribution in [0.5, 0.6) is 0 Å². The molecule has 1 atom stereocenters. The van der Waals surface area contributed by atoms with Gasteiger partial charge in [0.1, 0.15) is 0 Å². The molecule has 1 aromatic rings.